The van der Waals surface area contributed by atoms with E-state index < -0.39 is 0 Å². The SMILES string of the molecule is Cc1ccc(NC(=O)CSc2nc3ccccc3c(=O)n2-c2ccc(C)c(Cl)c2)cc1C. The van der Waals surface area contributed by atoms with E-state index in [0.29, 0.717) is 26.8 Å². The molecular weight excluding hydrogens is 442 g/mol. The van der Waals surface area contributed by atoms with Crippen LogP contribution in [0.5, 0.6) is 0 Å². The van der Waals surface area contributed by atoms with Crippen molar-refractivity contribution in [2.24, 2.45) is 0 Å². The fourth-order valence-electron chi connectivity index (χ4n) is 3.30. The van der Waals surface area contributed by atoms with E-state index in [-0.39, 0.29) is 17.2 Å². The van der Waals surface area contributed by atoms with E-state index in [9.17, 15) is 9.59 Å². The molecule has 1 aromatic heterocycles. The number of carbonyl (C=O) groups is 1. The minimum atomic E-state index is -0.201. The lowest BCUT2D eigenvalue weighted by molar-refractivity contribution is -0.113. The molecule has 0 aliphatic rings. The molecule has 3 aromatic carbocycles. The Bertz CT molecular complexity index is 1400. The number of rotatable bonds is 5. The second kappa shape index (κ2) is 9.18. The minimum Gasteiger partial charge on any atom is -0.325 e. The number of nitrogens with zero attached hydrogens (tertiary/aromatic N) is 2. The van der Waals surface area contributed by atoms with Gasteiger partial charge >= 0.3 is 0 Å². The van der Waals surface area contributed by atoms with Crippen LogP contribution in [-0.2, 0) is 4.79 Å². The number of hydrogen-bond acceptors (Lipinski definition) is 4. The second-order valence-electron chi connectivity index (χ2n) is 7.62. The highest BCUT2D eigenvalue weighted by Crippen LogP contribution is 2.25. The van der Waals surface area contributed by atoms with Gasteiger partial charge in [0, 0.05) is 10.7 Å². The topological polar surface area (TPSA) is 64.0 Å². The summed E-state index contributed by atoms with van der Waals surface area (Å²) in [6.45, 7) is 5.93. The molecule has 32 heavy (non-hydrogen) atoms. The molecule has 7 heteroatoms. The van der Waals surface area contributed by atoms with Gasteiger partial charge in [-0.15, -0.1) is 0 Å². The van der Waals surface area contributed by atoms with Crippen molar-refractivity contribution >= 4 is 45.9 Å². The Balaban J connectivity index is 1.67. The van der Waals surface area contributed by atoms with Crippen molar-refractivity contribution in [1.82, 2.24) is 9.55 Å². The highest BCUT2D eigenvalue weighted by molar-refractivity contribution is 7.99. The van der Waals surface area contributed by atoms with Gasteiger partial charge in [-0.2, -0.15) is 0 Å². The molecule has 0 unspecified atom stereocenters. The zero-order valence-electron chi connectivity index (χ0n) is 18.0. The van der Waals surface area contributed by atoms with Gasteiger partial charge in [-0.3, -0.25) is 14.2 Å². The monoisotopic (exact) mass is 463 g/mol. The van der Waals surface area contributed by atoms with Crippen LogP contribution >= 0.6 is 23.4 Å². The zero-order chi connectivity index (χ0) is 22.8. The summed E-state index contributed by atoms with van der Waals surface area (Å²) in [7, 11) is 0. The van der Waals surface area contributed by atoms with E-state index in [1.54, 1.807) is 18.2 Å². The third-order valence-corrected chi connectivity index (χ3v) is 6.63. The van der Waals surface area contributed by atoms with Crippen molar-refractivity contribution in [3.8, 4) is 5.69 Å². The first kappa shape index (κ1) is 22.1. The zero-order valence-corrected chi connectivity index (χ0v) is 19.6. The number of carbonyl (C=O) groups excluding carboxylic acids is 1. The molecule has 0 bridgehead atoms. The normalized spacial score (nSPS) is 11.0. The fourth-order valence-corrected chi connectivity index (χ4v) is 4.29. The highest BCUT2D eigenvalue weighted by Gasteiger charge is 2.15. The van der Waals surface area contributed by atoms with E-state index in [0.717, 1.165) is 16.8 Å². The lowest BCUT2D eigenvalue weighted by Crippen LogP contribution is -2.23. The molecule has 1 heterocycles. The predicted molar refractivity (Wildman–Crippen MR) is 132 cm³/mol. The number of aromatic nitrogens is 2. The quantitative estimate of drug-likeness (QED) is 0.305. The number of thioether (sulfide) groups is 1. The van der Waals surface area contributed by atoms with Crippen molar-refractivity contribution in [2.75, 3.05) is 11.1 Å². The Morgan fingerprint density at radius 2 is 1.75 bits per heavy atom. The van der Waals surface area contributed by atoms with Crippen molar-refractivity contribution in [2.45, 2.75) is 25.9 Å². The Kier molecular flexibility index (Phi) is 6.35. The average molecular weight is 464 g/mol. The number of benzene rings is 3. The molecule has 1 N–H and O–H groups in total. The number of amides is 1. The molecule has 0 atom stereocenters. The van der Waals surface area contributed by atoms with Gasteiger partial charge in [0.25, 0.3) is 5.56 Å². The lowest BCUT2D eigenvalue weighted by atomic mass is 10.1. The summed E-state index contributed by atoms with van der Waals surface area (Å²) in [5.41, 5.74) is 4.93. The van der Waals surface area contributed by atoms with E-state index >= 15 is 0 Å². The highest BCUT2D eigenvalue weighted by atomic mass is 35.5. The van der Waals surface area contributed by atoms with Gasteiger partial charge < -0.3 is 5.32 Å². The summed E-state index contributed by atoms with van der Waals surface area (Å²) in [5, 5.41) is 4.41. The molecule has 4 rings (SSSR count). The van der Waals surface area contributed by atoms with E-state index in [2.05, 4.69) is 10.3 Å². The smallest absolute Gasteiger partial charge is 0.266 e. The summed E-state index contributed by atoms with van der Waals surface area (Å²) in [4.78, 5) is 30.6. The number of aryl methyl sites for hydroxylation is 3. The molecule has 5 nitrogen and oxygen atoms in total. The molecule has 0 saturated carbocycles. The number of anilines is 1. The van der Waals surface area contributed by atoms with E-state index in [1.807, 2.05) is 63.2 Å². The molecule has 0 spiro atoms. The van der Waals surface area contributed by atoms with E-state index in [1.165, 1.54) is 21.9 Å². The molecule has 0 fully saturated rings. The van der Waals surface area contributed by atoms with Crippen LogP contribution in [0.1, 0.15) is 16.7 Å². The Morgan fingerprint density at radius 3 is 2.50 bits per heavy atom. The molecule has 162 valence electrons. The maximum atomic E-state index is 13.3. The van der Waals surface area contributed by atoms with Crippen molar-refractivity contribution < 1.29 is 4.79 Å². The first-order valence-electron chi connectivity index (χ1n) is 10.1. The van der Waals surface area contributed by atoms with Crippen molar-refractivity contribution in [1.29, 1.82) is 0 Å². The largest absolute Gasteiger partial charge is 0.325 e. The maximum Gasteiger partial charge on any atom is 0.266 e. The summed E-state index contributed by atoms with van der Waals surface area (Å²) >= 11 is 7.53. The van der Waals surface area contributed by atoms with Crippen LogP contribution in [0.4, 0.5) is 5.69 Å². The summed E-state index contributed by atoms with van der Waals surface area (Å²) < 4.78 is 1.52. The van der Waals surface area contributed by atoms with Gasteiger partial charge in [0.2, 0.25) is 5.91 Å². The third-order valence-electron chi connectivity index (χ3n) is 5.28. The van der Waals surface area contributed by atoms with Crippen LogP contribution in [0, 0.1) is 20.8 Å². The third kappa shape index (κ3) is 4.56. The van der Waals surface area contributed by atoms with Crippen LogP contribution in [0.3, 0.4) is 0 Å². The van der Waals surface area contributed by atoms with E-state index in [4.69, 9.17) is 11.6 Å². The first-order chi connectivity index (χ1) is 15.3. The van der Waals surface area contributed by atoms with Gasteiger partial charge in [-0.1, -0.05) is 47.6 Å². The van der Waals surface area contributed by atoms with Crippen LogP contribution in [0.25, 0.3) is 16.6 Å². The lowest BCUT2D eigenvalue weighted by Gasteiger charge is -2.14. The Morgan fingerprint density at radius 1 is 1.00 bits per heavy atom. The standard InChI is InChI=1S/C25H22ClN3O2S/c1-15-8-10-18(12-17(15)3)27-23(30)14-32-25-28-22-7-5-4-6-20(22)24(31)29(25)19-11-9-16(2)21(26)13-19/h4-13H,14H2,1-3H3,(H,27,30). The van der Waals surface area contributed by atoms with Crippen molar-refractivity contribution in [3.63, 3.8) is 0 Å². The Hall–Kier alpha value is -3.09. The Labute approximate surface area is 195 Å². The summed E-state index contributed by atoms with van der Waals surface area (Å²) in [6.07, 6.45) is 0. The summed E-state index contributed by atoms with van der Waals surface area (Å²) in [6, 6.07) is 18.4. The second-order valence-corrected chi connectivity index (χ2v) is 8.97. The molecular formula is C25H22ClN3O2S. The molecule has 1 amide bonds. The minimum absolute atomic E-state index is 0.108. The van der Waals surface area contributed by atoms with Gasteiger partial charge in [-0.05, 0) is 73.9 Å². The molecule has 0 aliphatic heterocycles. The first-order valence-corrected chi connectivity index (χ1v) is 11.5. The van der Waals surface area contributed by atoms with Crippen LogP contribution in [-0.4, -0.2) is 21.2 Å². The number of hydrogen-bond donors (Lipinski definition) is 1. The molecule has 4 aromatic rings. The van der Waals surface area contributed by atoms with Crippen molar-refractivity contribution in [3.05, 3.63) is 92.7 Å². The molecule has 0 radical (unpaired) electrons. The molecule has 0 saturated heterocycles. The van der Waals surface area contributed by atoms with Gasteiger partial charge in [0.15, 0.2) is 5.16 Å². The van der Waals surface area contributed by atoms with Gasteiger partial charge in [0.05, 0.1) is 22.3 Å². The van der Waals surface area contributed by atoms with Crippen LogP contribution in [0.15, 0.2) is 70.6 Å². The van der Waals surface area contributed by atoms with Gasteiger partial charge in [-0.25, -0.2) is 4.98 Å². The fraction of sp³-hybridized carbons (Fsp3) is 0.160. The molecule has 0 aliphatic carbocycles. The maximum absolute atomic E-state index is 13.3. The number of nitrogens with one attached hydrogen (secondary N) is 1. The summed E-state index contributed by atoms with van der Waals surface area (Å²) in [5.74, 6) is -0.0637. The number of para-hydroxylation sites is 1. The van der Waals surface area contributed by atoms with Crippen LogP contribution < -0.4 is 10.9 Å². The van der Waals surface area contributed by atoms with Gasteiger partial charge in [0.1, 0.15) is 0 Å². The number of halogens is 1. The average Bonchev–Trinajstić information content (AvgIpc) is 2.77. The van der Waals surface area contributed by atoms with Crippen LogP contribution in [0.2, 0.25) is 5.02 Å². The predicted octanol–water partition coefficient (Wildman–Crippen LogP) is 5.70. The number of fused-ring (bicyclic) bond motifs is 1.